The zero-order chi connectivity index (χ0) is 46.8. The summed E-state index contributed by atoms with van der Waals surface area (Å²) >= 11 is 0. The molecule has 2 fully saturated rings. The van der Waals surface area contributed by atoms with Gasteiger partial charge < -0.3 is 30.6 Å². The molecule has 4 aromatic carbocycles. The van der Waals surface area contributed by atoms with Crippen molar-refractivity contribution in [1.29, 1.82) is 0 Å². The molecule has 4 N–H and O–H groups in total. The maximum absolute atomic E-state index is 14.3. The molecule has 0 bridgehead atoms. The van der Waals surface area contributed by atoms with Gasteiger partial charge in [0.05, 0.1) is 0 Å². The fourth-order valence-electron chi connectivity index (χ4n) is 9.02. The number of anilines is 1. The Labute approximate surface area is 384 Å². The highest BCUT2D eigenvalue weighted by atomic mass is 28.4. The molecule has 0 unspecified atom stereocenters. The van der Waals surface area contributed by atoms with Crippen molar-refractivity contribution < 1.29 is 33.2 Å². The topological polar surface area (TPSA) is 163 Å². The van der Waals surface area contributed by atoms with E-state index in [1.54, 1.807) is 50.2 Å². The van der Waals surface area contributed by atoms with Crippen molar-refractivity contribution in [3.8, 4) is 0 Å². The van der Waals surface area contributed by atoms with Gasteiger partial charge in [-0.05, 0) is 91.2 Å². The Morgan fingerprint density at radius 2 is 1.40 bits per heavy atom. The first kappa shape index (κ1) is 48.5. The summed E-state index contributed by atoms with van der Waals surface area (Å²) in [6.07, 6.45) is 3.00. The number of para-hydroxylation sites is 1. The lowest BCUT2D eigenvalue weighted by molar-refractivity contribution is -0.144. The number of fused-ring (bicyclic) bond motifs is 1. The summed E-state index contributed by atoms with van der Waals surface area (Å²) in [6.45, 7) is 12.1. The third-order valence-electron chi connectivity index (χ3n) is 13.0. The lowest BCUT2D eigenvalue weighted by Gasteiger charge is -2.44. The molecule has 6 rings (SSSR count). The van der Waals surface area contributed by atoms with Crippen molar-refractivity contribution in [3.63, 3.8) is 0 Å². The Kier molecular flexibility index (Phi) is 16.0. The Balaban J connectivity index is 1.10. The second kappa shape index (κ2) is 21.4. The molecule has 0 saturated carbocycles. The first-order valence-corrected chi connectivity index (χ1v) is 25.0. The van der Waals surface area contributed by atoms with Crippen LogP contribution in [0, 0.1) is 0 Å². The van der Waals surface area contributed by atoms with Crippen LogP contribution >= 0.6 is 0 Å². The number of nitrogens with zero attached hydrogens (tertiary/aromatic N) is 1. The lowest BCUT2D eigenvalue weighted by Crippen LogP contribution is -2.68. The Morgan fingerprint density at radius 1 is 0.800 bits per heavy atom. The van der Waals surface area contributed by atoms with Crippen LogP contribution < -0.4 is 31.6 Å². The van der Waals surface area contributed by atoms with Crippen LogP contribution in [0.5, 0.6) is 0 Å². The van der Waals surface area contributed by atoms with E-state index >= 15 is 0 Å². The summed E-state index contributed by atoms with van der Waals surface area (Å²) in [7, 11) is -2.93. The van der Waals surface area contributed by atoms with Gasteiger partial charge in [0.2, 0.25) is 23.6 Å². The van der Waals surface area contributed by atoms with Gasteiger partial charge in [-0.1, -0.05) is 132 Å². The molecule has 2 saturated heterocycles. The van der Waals surface area contributed by atoms with E-state index in [4.69, 9.17) is 4.43 Å². The minimum Gasteiger partial charge on any atom is -0.398 e. The number of amides is 5. The summed E-state index contributed by atoms with van der Waals surface area (Å²) in [4.78, 5) is 84.6. The van der Waals surface area contributed by atoms with Gasteiger partial charge in [0.1, 0.15) is 29.8 Å². The van der Waals surface area contributed by atoms with Crippen LogP contribution in [-0.4, -0.2) is 84.8 Å². The molecular weight excluding hydrogens is 835 g/mol. The van der Waals surface area contributed by atoms with Crippen molar-refractivity contribution in [2.75, 3.05) is 11.9 Å². The van der Waals surface area contributed by atoms with Crippen LogP contribution in [-0.2, 0) is 34.8 Å². The highest BCUT2D eigenvalue weighted by Gasteiger charge is 2.51. The number of rotatable bonds is 16. The van der Waals surface area contributed by atoms with E-state index in [0.29, 0.717) is 61.9 Å². The van der Waals surface area contributed by atoms with Crippen LogP contribution in [0.4, 0.5) is 5.69 Å². The van der Waals surface area contributed by atoms with Crippen molar-refractivity contribution in [3.05, 3.63) is 126 Å². The summed E-state index contributed by atoms with van der Waals surface area (Å²) in [5, 5.41) is 13.6. The SMILES string of the molecule is CC[C@]1(C)NC(=O)[C@H](CCCCCC(=O)[C@H](C)O[Si](c2ccccc2)(c2ccccc2)C(C)(C)C)NC(=O)[C@H]2CCCN2C(=O)[C@H](Cc2ccc(C(=O)Nc3ccccc3)cc2)NC1=O. The van der Waals surface area contributed by atoms with Crippen molar-refractivity contribution in [1.82, 2.24) is 20.9 Å². The van der Waals surface area contributed by atoms with Gasteiger partial charge in [-0.25, -0.2) is 0 Å². The van der Waals surface area contributed by atoms with E-state index in [-0.39, 0.29) is 41.9 Å². The molecule has 344 valence electrons. The molecule has 12 nitrogen and oxygen atoms in total. The van der Waals surface area contributed by atoms with Gasteiger partial charge in [-0.3, -0.25) is 28.8 Å². The van der Waals surface area contributed by atoms with E-state index < -0.39 is 55.8 Å². The average molecular weight is 900 g/mol. The zero-order valence-electron chi connectivity index (χ0n) is 38.7. The molecule has 2 heterocycles. The predicted octanol–water partition coefficient (Wildman–Crippen LogP) is 6.23. The molecule has 0 aliphatic carbocycles. The highest BCUT2D eigenvalue weighted by molar-refractivity contribution is 6.99. The fraction of sp³-hybridized carbons (Fsp3) is 0.423. The van der Waals surface area contributed by atoms with Crippen molar-refractivity contribution in [2.24, 2.45) is 0 Å². The molecule has 13 heteroatoms. The summed E-state index contributed by atoms with van der Waals surface area (Å²) in [5.41, 5.74) is 0.406. The standard InChI is InChI=1S/C52H65N5O7Si/c1-7-52(6)50(63)55-43(35-37-30-32-38(33-31-37)46(59)53-39-21-12-8-13-22-39)49(62)57-34-20-28-44(57)48(61)54-42(47(60)56-52)27-18-11-19-29-45(58)36(2)64-65(51(3,4)5,40-23-14-9-15-24-40)41-25-16-10-17-26-41/h8-10,12-17,21-26,30-33,36,42-44H,7,11,18-20,27-29,34-35H2,1-6H3,(H,53,59)(H,54,61)(H,55,63)(H,56,60)/t36-,42-,43-,44+,52-/m0/s1. The third kappa shape index (κ3) is 11.5. The number of hydrogen-bond acceptors (Lipinski definition) is 7. The van der Waals surface area contributed by atoms with Gasteiger partial charge in [0.15, 0.2) is 5.78 Å². The second-order valence-corrected chi connectivity index (χ2v) is 22.9. The van der Waals surface area contributed by atoms with E-state index in [9.17, 15) is 28.8 Å². The molecule has 0 spiro atoms. The number of benzene rings is 4. The Bertz CT molecular complexity index is 2250. The smallest absolute Gasteiger partial charge is 0.262 e. The van der Waals surface area contributed by atoms with Crippen LogP contribution in [0.1, 0.15) is 109 Å². The largest absolute Gasteiger partial charge is 0.398 e. The fourth-order valence-corrected chi connectivity index (χ4v) is 13.7. The predicted molar refractivity (Wildman–Crippen MR) is 256 cm³/mol. The first-order valence-electron chi connectivity index (χ1n) is 23.1. The minimum absolute atomic E-state index is 0.00677. The molecule has 4 aromatic rings. The van der Waals surface area contributed by atoms with Crippen LogP contribution in [0.2, 0.25) is 5.04 Å². The van der Waals surface area contributed by atoms with E-state index in [0.717, 1.165) is 10.4 Å². The van der Waals surface area contributed by atoms with Crippen LogP contribution in [0.25, 0.3) is 0 Å². The highest BCUT2D eigenvalue weighted by Crippen LogP contribution is 2.38. The Morgan fingerprint density at radius 3 is 1.98 bits per heavy atom. The molecule has 0 radical (unpaired) electrons. The molecule has 65 heavy (non-hydrogen) atoms. The molecular formula is C52H65N5O7Si. The van der Waals surface area contributed by atoms with Gasteiger partial charge in [-0.2, -0.15) is 0 Å². The van der Waals surface area contributed by atoms with E-state index in [2.05, 4.69) is 66.3 Å². The van der Waals surface area contributed by atoms with Gasteiger partial charge in [0, 0.05) is 30.6 Å². The maximum Gasteiger partial charge on any atom is 0.262 e. The zero-order valence-corrected chi connectivity index (χ0v) is 39.7. The number of Topliss-reactive ketones (excluding diaryl/α,β-unsaturated/α-hetero) is 1. The number of carbonyl (C=O) groups excluding carboxylic acids is 6. The summed E-state index contributed by atoms with van der Waals surface area (Å²) in [5.74, 6) is -2.08. The van der Waals surface area contributed by atoms with Gasteiger partial charge in [0.25, 0.3) is 14.2 Å². The average Bonchev–Trinajstić information content (AvgIpc) is 3.80. The normalized spacial score (nSPS) is 21.2. The van der Waals surface area contributed by atoms with Crippen LogP contribution in [0.3, 0.4) is 0 Å². The van der Waals surface area contributed by atoms with Gasteiger partial charge >= 0.3 is 0 Å². The van der Waals surface area contributed by atoms with Crippen molar-refractivity contribution >= 4 is 59.7 Å². The molecule has 5 atom stereocenters. The number of hydrogen-bond donors (Lipinski definition) is 4. The molecule has 5 amide bonds. The first-order chi connectivity index (χ1) is 31.1. The quantitative estimate of drug-likeness (QED) is 0.0767. The summed E-state index contributed by atoms with van der Waals surface area (Å²) in [6, 6.07) is 33.6. The number of carbonyl (C=O) groups is 6. The second-order valence-electron chi connectivity index (χ2n) is 18.7. The molecule has 2 aliphatic rings. The number of unbranched alkanes of at least 4 members (excludes halogenated alkanes) is 2. The van der Waals surface area contributed by atoms with Crippen molar-refractivity contribution in [2.45, 2.75) is 134 Å². The monoisotopic (exact) mass is 899 g/mol. The Hall–Kier alpha value is -5.92. The van der Waals surface area contributed by atoms with E-state index in [1.807, 2.05) is 61.5 Å². The summed E-state index contributed by atoms with van der Waals surface area (Å²) < 4.78 is 7.04. The number of ketones is 1. The van der Waals surface area contributed by atoms with Gasteiger partial charge in [-0.15, -0.1) is 0 Å². The lowest BCUT2D eigenvalue weighted by atomic mass is 9.94. The number of nitrogens with one attached hydrogen (secondary N) is 4. The van der Waals surface area contributed by atoms with Crippen LogP contribution in [0.15, 0.2) is 115 Å². The third-order valence-corrected chi connectivity index (χ3v) is 18.1. The minimum atomic E-state index is -2.93. The maximum atomic E-state index is 14.3. The molecule has 0 aromatic heterocycles. The van der Waals surface area contributed by atoms with E-state index in [1.165, 1.54) is 4.90 Å². The molecule has 2 aliphatic heterocycles.